The first-order chi connectivity index (χ1) is 8.56. The summed E-state index contributed by atoms with van der Waals surface area (Å²) in [5, 5.41) is 1.01. The van der Waals surface area contributed by atoms with E-state index in [0.717, 1.165) is 12.8 Å². The summed E-state index contributed by atoms with van der Waals surface area (Å²) in [6.45, 7) is 4.15. The van der Waals surface area contributed by atoms with Crippen molar-refractivity contribution in [3.63, 3.8) is 0 Å². The van der Waals surface area contributed by atoms with Crippen LogP contribution < -0.4 is 0 Å². The van der Waals surface area contributed by atoms with Crippen molar-refractivity contribution in [1.29, 1.82) is 0 Å². The standard InChI is InChI=1S/C15H20Cl2O/c1-3-4-5-6-7-11(2)15(18)13-9-8-12(16)10-14(13)17/h8-11H,3-7H2,1-2H3. The highest BCUT2D eigenvalue weighted by Crippen LogP contribution is 2.25. The van der Waals surface area contributed by atoms with E-state index in [4.69, 9.17) is 23.2 Å². The van der Waals surface area contributed by atoms with Crippen molar-refractivity contribution in [2.24, 2.45) is 5.92 Å². The van der Waals surface area contributed by atoms with Crippen molar-refractivity contribution < 1.29 is 4.79 Å². The van der Waals surface area contributed by atoms with E-state index < -0.39 is 0 Å². The number of rotatable bonds is 7. The van der Waals surface area contributed by atoms with Gasteiger partial charge < -0.3 is 0 Å². The SMILES string of the molecule is CCCCCCC(C)C(=O)c1ccc(Cl)cc1Cl. The maximum absolute atomic E-state index is 12.2. The Kier molecular flexibility index (Phi) is 6.73. The Morgan fingerprint density at radius 3 is 2.56 bits per heavy atom. The van der Waals surface area contributed by atoms with E-state index in [2.05, 4.69) is 6.92 Å². The molecule has 0 aliphatic heterocycles. The smallest absolute Gasteiger partial charge is 0.167 e. The molecule has 0 amide bonds. The van der Waals surface area contributed by atoms with Crippen molar-refractivity contribution in [2.45, 2.75) is 46.0 Å². The number of halogens is 2. The highest BCUT2D eigenvalue weighted by molar-refractivity contribution is 6.36. The van der Waals surface area contributed by atoms with E-state index in [9.17, 15) is 4.79 Å². The van der Waals surface area contributed by atoms with Gasteiger partial charge >= 0.3 is 0 Å². The van der Waals surface area contributed by atoms with Gasteiger partial charge in [0, 0.05) is 16.5 Å². The first-order valence-corrected chi connectivity index (χ1v) is 7.31. The highest BCUT2D eigenvalue weighted by atomic mass is 35.5. The van der Waals surface area contributed by atoms with E-state index in [1.54, 1.807) is 18.2 Å². The van der Waals surface area contributed by atoms with Gasteiger partial charge in [-0.1, -0.05) is 62.7 Å². The largest absolute Gasteiger partial charge is 0.294 e. The minimum absolute atomic E-state index is 0.0283. The second-order valence-corrected chi connectivity index (χ2v) is 5.58. The predicted octanol–water partition coefficient (Wildman–Crippen LogP) is 5.78. The number of unbranched alkanes of at least 4 members (excludes halogenated alkanes) is 3. The van der Waals surface area contributed by atoms with Gasteiger partial charge in [-0.15, -0.1) is 0 Å². The van der Waals surface area contributed by atoms with Crippen LogP contribution >= 0.6 is 23.2 Å². The van der Waals surface area contributed by atoms with E-state index in [0.29, 0.717) is 15.6 Å². The van der Waals surface area contributed by atoms with E-state index in [-0.39, 0.29) is 11.7 Å². The summed E-state index contributed by atoms with van der Waals surface area (Å²) >= 11 is 11.9. The molecule has 0 aliphatic carbocycles. The second-order valence-electron chi connectivity index (χ2n) is 4.74. The van der Waals surface area contributed by atoms with Gasteiger partial charge in [0.2, 0.25) is 0 Å². The molecule has 1 aromatic rings. The van der Waals surface area contributed by atoms with Gasteiger partial charge in [0.25, 0.3) is 0 Å². The van der Waals surface area contributed by atoms with Crippen LogP contribution in [0.1, 0.15) is 56.3 Å². The van der Waals surface area contributed by atoms with Crippen LogP contribution in [0.2, 0.25) is 10.0 Å². The Bertz CT molecular complexity index is 401. The molecule has 0 saturated heterocycles. The molecule has 0 aliphatic rings. The fraction of sp³-hybridized carbons (Fsp3) is 0.533. The Balaban J connectivity index is 2.57. The molecule has 0 bridgehead atoms. The Morgan fingerprint density at radius 2 is 1.94 bits per heavy atom. The maximum atomic E-state index is 12.2. The van der Waals surface area contributed by atoms with E-state index >= 15 is 0 Å². The van der Waals surface area contributed by atoms with Crippen LogP contribution in [0.25, 0.3) is 0 Å². The number of hydrogen-bond donors (Lipinski definition) is 0. The molecule has 100 valence electrons. The molecule has 1 rings (SSSR count). The molecular weight excluding hydrogens is 267 g/mol. The van der Waals surface area contributed by atoms with Gasteiger partial charge in [0.15, 0.2) is 5.78 Å². The lowest BCUT2D eigenvalue weighted by Crippen LogP contribution is -2.11. The lowest BCUT2D eigenvalue weighted by Gasteiger charge is -2.11. The number of benzene rings is 1. The third-order valence-corrected chi connectivity index (χ3v) is 3.68. The van der Waals surface area contributed by atoms with Crippen LogP contribution in [-0.4, -0.2) is 5.78 Å². The van der Waals surface area contributed by atoms with Gasteiger partial charge in [0.1, 0.15) is 0 Å². The summed E-state index contributed by atoms with van der Waals surface area (Å²) in [4.78, 5) is 12.2. The molecule has 18 heavy (non-hydrogen) atoms. The lowest BCUT2D eigenvalue weighted by molar-refractivity contribution is 0.0922. The zero-order valence-electron chi connectivity index (χ0n) is 11.0. The zero-order valence-corrected chi connectivity index (χ0v) is 12.5. The summed E-state index contributed by atoms with van der Waals surface area (Å²) in [6.07, 6.45) is 5.68. The predicted molar refractivity (Wildman–Crippen MR) is 78.7 cm³/mol. The topological polar surface area (TPSA) is 17.1 Å². The quantitative estimate of drug-likeness (QED) is 0.458. The fourth-order valence-corrected chi connectivity index (χ4v) is 2.46. The van der Waals surface area contributed by atoms with Gasteiger partial charge in [-0.25, -0.2) is 0 Å². The summed E-state index contributed by atoms with van der Waals surface area (Å²) < 4.78 is 0. The number of ketones is 1. The van der Waals surface area contributed by atoms with Crippen molar-refractivity contribution in [2.75, 3.05) is 0 Å². The number of carbonyl (C=O) groups excluding carboxylic acids is 1. The second kappa shape index (κ2) is 7.81. The summed E-state index contributed by atoms with van der Waals surface area (Å²) in [6, 6.07) is 5.06. The molecule has 3 heteroatoms. The maximum Gasteiger partial charge on any atom is 0.167 e. The van der Waals surface area contributed by atoms with Crippen LogP contribution in [0.15, 0.2) is 18.2 Å². The summed E-state index contributed by atoms with van der Waals surface area (Å²) in [7, 11) is 0. The molecular formula is C15H20Cl2O. The fourth-order valence-electron chi connectivity index (χ4n) is 1.96. The molecule has 1 atom stereocenters. The molecule has 0 saturated carbocycles. The monoisotopic (exact) mass is 286 g/mol. The summed E-state index contributed by atoms with van der Waals surface area (Å²) in [5.74, 6) is 0.147. The normalized spacial score (nSPS) is 12.4. The first-order valence-electron chi connectivity index (χ1n) is 6.55. The van der Waals surface area contributed by atoms with Crippen LogP contribution in [-0.2, 0) is 0 Å². The number of Topliss-reactive ketones (excluding diaryl/α,β-unsaturated/α-hetero) is 1. The van der Waals surface area contributed by atoms with Crippen LogP contribution in [0.5, 0.6) is 0 Å². The Hall–Kier alpha value is -0.530. The molecule has 0 N–H and O–H groups in total. The molecule has 0 spiro atoms. The van der Waals surface area contributed by atoms with Gasteiger partial charge in [0.05, 0.1) is 5.02 Å². The lowest BCUT2D eigenvalue weighted by atomic mass is 9.94. The molecule has 1 unspecified atom stereocenters. The van der Waals surface area contributed by atoms with Crippen LogP contribution in [0.4, 0.5) is 0 Å². The average molecular weight is 287 g/mol. The average Bonchev–Trinajstić information content (AvgIpc) is 2.33. The Labute approximate surface area is 119 Å². The van der Waals surface area contributed by atoms with E-state index in [1.165, 1.54) is 19.3 Å². The van der Waals surface area contributed by atoms with Crippen molar-refractivity contribution in [1.82, 2.24) is 0 Å². The Morgan fingerprint density at radius 1 is 1.22 bits per heavy atom. The third kappa shape index (κ3) is 4.62. The van der Waals surface area contributed by atoms with Crippen molar-refractivity contribution >= 4 is 29.0 Å². The van der Waals surface area contributed by atoms with Crippen molar-refractivity contribution in [3.8, 4) is 0 Å². The zero-order chi connectivity index (χ0) is 13.5. The molecule has 0 heterocycles. The first kappa shape index (κ1) is 15.5. The van der Waals surface area contributed by atoms with E-state index in [1.807, 2.05) is 6.92 Å². The minimum atomic E-state index is 0.0283. The minimum Gasteiger partial charge on any atom is -0.294 e. The van der Waals surface area contributed by atoms with Crippen LogP contribution in [0.3, 0.4) is 0 Å². The highest BCUT2D eigenvalue weighted by Gasteiger charge is 2.17. The number of hydrogen-bond acceptors (Lipinski definition) is 1. The summed E-state index contributed by atoms with van der Waals surface area (Å²) in [5.41, 5.74) is 0.587. The molecule has 0 aromatic heterocycles. The third-order valence-electron chi connectivity index (χ3n) is 3.13. The van der Waals surface area contributed by atoms with Crippen molar-refractivity contribution in [3.05, 3.63) is 33.8 Å². The van der Waals surface area contributed by atoms with Gasteiger partial charge in [-0.05, 0) is 24.6 Å². The molecule has 0 fully saturated rings. The molecule has 1 nitrogen and oxygen atoms in total. The molecule has 1 aromatic carbocycles. The van der Waals surface area contributed by atoms with Gasteiger partial charge in [-0.2, -0.15) is 0 Å². The van der Waals surface area contributed by atoms with Gasteiger partial charge in [-0.3, -0.25) is 4.79 Å². The number of carbonyl (C=O) groups is 1. The van der Waals surface area contributed by atoms with Crippen LogP contribution in [0, 0.1) is 5.92 Å². The molecule has 0 radical (unpaired) electrons.